The molecule has 3 aliphatic rings. The molecule has 4 rings (SSSR count). The summed E-state index contributed by atoms with van der Waals surface area (Å²) in [4.78, 5) is 39.9. The first-order chi connectivity index (χ1) is 16.5. The van der Waals surface area contributed by atoms with E-state index in [4.69, 9.17) is 11.5 Å². The summed E-state index contributed by atoms with van der Waals surface area (Å²) in [7, 11) is 0. The Morgan fingerprint density at radius 1 is 1.14 bits per heavy atom. The van der Waals surface area contributed by atoms with Crippen molar-refractivity contribution in [2.45, 2.75) is 78.1 Å². The number of phenols is 1. The van der Waals surface area contributed by atoms with E-state index in [1.54, 1.807) is 13.0 Å². The number of amides is 1. The van der Waals surface area contributed by atoms with E-state index in [2.05, 4.69) is 0 Å². The van der Waals surface area contributed by atoms with Gasteiger partial charge in [0.05, 0.1) is 23.3 Å². The molecule has 1 aromatic carbocycles. The molecule has 0 saturated heterocycles. The van der Waals surface area contributed by atoms with Crippen molar-refractivity contribution in [1.29, 1.82) is 0 Å². The van der Waals surface area contributed by atoms with E-state index in [-0.39, 0.29) is 41.7 Å². The largest absolute Gasteiger partial charge is 0.505 e. The van der Waals surface area contributed by atoms with Crippen LogP contribution in [0.2, 0.25) is 0 Å². The molecule has 8 N–H and O–H groups in total. The monoisotopic (exact) mass is 502 g/mol. The zero-order valence-corrected chi connectivity index (χ0v) is 21.7. The summed E-state index contributed by atoms with van der Waals surface area (Å²) >= 11 is 0. The van der Waals surface area contributed by atoms with E-state index < -0.39 is 63.9 Å². The number of primary amides is 1. The molecule has 0 spiro atoms. The number of anilines is 1. The standard InChI is InChI=1S/C27H38N2O7/c1-10(2)12-7-14(28)19(30)15-13(12)8-25(5)9-26(6)17(11(3)4)21(32)16(24(29)35)22(33)27(26,36)23(34)18(25)20(15)31/h7,10-11,16-18,21,23,30,32,34,36H,8-9,28H2,1-6H3,(H2,29,35)/t16-,17+,18-,21?,23?,25-,26-,27+/m1/s1. The molecule has 0 aliphatic heterocycles. The van der Waals surface area contributed by atoms with E-state index in [1.807, 2.05) is 34.6 Å². The van der Waals surface area contributed by atoms with Crippen LogP contribution in [0.25, 0.3) is 0 Å². The number of hydrogen-bond acceptors (Lipinski definition) is 8. The smallest absolute Gasteiger partial charge is 0.230 e. The Hall–Kier alpha value is -2.49. The van der Waals surface area contributed by atoms with Crippen LogP contribution in [0.3, 0.4) is 0 Å². The number of aliphatic hydroxyl groups is 3. The third-order valence-corrected chi connectivity index (χ3v) is 9.47. The van der Waals surface area contributed by atoms with Gasteiger partial charge in [-0.05, 0) is 53.2 Å². The molecule has 0 heterocycles. The van der Waals surface area contributed by atoms with Crippen LogP contribution in [0.4, 0.5) is 5.69 Å². The number of fused-ring (bicyclic) bond motifs is 3. The zero-order valence-electron chi connectivity index (χ0n) is 21.7. The number of phenolic OH excluding ortho intramolecular Hbond substituents is 1. The summed E-state index contributed by atoms with van der Waals surface area (Å²) in [5.41, 5.74) is 8.17. The summed E-state index contributed by atoms with van der Waals surface area (Å²) in [5, 5.41) is 45.8. The van der Waals surface area contributed by atoms with E-state index >= 15 is 0 Å². The molecule has 36 heavy (non-hydrogen) atoms. The van der Waals surface area contributed by atoms with Crippen molar-refractivity contribution in [1.82, 2.24) is 0 Å². The number of carbonyl (C=O) groups is 3. The van der Waals surface area contributed by atoms with E-state index in [0.717, 1.165) is 5.56 Å². The average molecular weight is 503 g/mol. The second-order valence-electron chi connectivity index (χ2n) is 12.4. The van der Waals surface area contributed by atoms with Gasteiger partial charge >= 0.3 is 0 Å². The zero-order chi connectivity index (χ0) is 27.3. The third kappa shape index (κ3) is 3.08. The molecule has 0 aromatic heterocycles. The predicted octanol–water partition coefficient (Wildman–Crippen LogP) is 1.28. The minimum absolute atomic E-state index is 0.00239. The normalized spacial score (nSPS) is 40.1. The highest BCUT2D eigenvalue weighted by Crippen LogP contribution is 2.66. The molecule has 2 unspecified atom stereocenters. The molecular formula is C27H38N2O7. The fourth-order valence-electron chi connectivity index (χ4n) is 8.16. The number of carbonyl (C=O) groups excluding carboxylic acids is 3. The van der Waals surface area contributed by atoms with Crippen molar-refractivity contribution < 1.29 is 34.8 Å². The number of benzene rings is 1. The van der Waals surface area contributed by atoms with Crippen molar-refractivity contribution in [3.8, 4) is 5.75 Å². The molecular weight excluding hydrogens is 464 g/mol. The molecule has 0 radical (unpaired) electrons. The molecule has 0 bridgehead atoms. The Balaban J connectivity index is 2.00. The third-order valence-electron chi connectivity index (χ3n) is 9.47. The minimum atomic E-state index is -2.52. The molecule has 9 nitrogen and oxygen atoms in total. The lowest BCUT2D eigenvalue weighted by atomic mass is 9.39. The molecule has 2 fully saturated rings. The van der Waals surface area contributed by atoms with E-state index in [0.29, 0.717) is 5.56 Å². The van der Waals surface area contributed by atoms with Crippen molar-refractivity contribution in [3.05, 3.63) is 22.8 Å². The van der Waals surface area contributed by atoms with Crippen molar-refractivity contribution in [3.63, 3.8) is 0 Å². The number of aromatic hydroxyl groups is 1. The van der Waals surface area contributed by atoms with Gasteiger partial charge in [-0.1, -0.05) is 41.5 Å². The van der Waals surface area contributed by atoms with Gasteiger partial charge in [0.15, 0.2) is 17.2 Å². The number of rotatable bonds is 3. The van der Waals surface area contributed by atoms with Gasteiger partial charge in [-0.25, -0.2) is 0 Å². The molecule has 8 atom stereocenters. The van der Waals surface area contributed by atoms with Gasteiger partial charge in [-0.2, -0.15) is 0 Å². The van der Waals surface area contributed by atoms with Gasteiger partial charge in [0.2, 0.25) is 5.91 Å². The SMILES string of the molecule is CC(C)c1cc(N)c(O)c2c1C[C@]1(C)C[C@]3(C)[C@@H](C(C)C)C(O)[C@@H](C(N)=O)C(=O)[C@]3(O)C(O)[C@H]1C2=O. The van der Waals surface area contributed by atoms with Crippen LogP contribution in [-0.2, 0) is 16.0 Å². The highest BCUT2D eigenvalue weighted by atomic mass is 16.4. The van der Waals surface area contributed by atoms with Gasteiger partial charge in [0, 0.05) is 5.41 Å². The first-order valence-electron chi connectivity index (χ1n) is 12.6. The van der Waals surface area contributed by atoms with E-state index in [1.165, 1.54) is 0 Å². The van der Waals surface area contributed by atoms with Crippen molar-refractivity contribution >= 4 is 23.2 Å². The molecule has 1 amide bonds. The first kappa shape index (κ1) is 26.6. The van der Waals surface area contributed by atoms with Crippen LogP contribution in [0, 0.1) is 34.5 Å². The maximum Gasteiger partial charge on any atom is 0.230 e. The molecule has 9 heteroatoms. The number of nitrogen functional groups attached to an aromatic ring is 1. The van der Waals surface area contributed by atoms with Gasteiger partial charge in [-0.3, -0.25) is 14.4 Å². The number of nitrogens with two attached hydrogens (primary N) is 2. The fraction of sp³-hybridized carbons (Fsp3) is 0.667. The highest BCUT2D eigenvalue weighted by molar-refractivity contribution is 6.09. The fourth-order valence-corrected chi connectivity index (χ4v) is 8.16. The second-order valence-corrected chi connectivity index (χ2v) is 12.4. The van der Waals surface area contributed by atoms with Crippen LogP contribution in [0.5, 0.6) is 5.75 Å². The number of Topliss-reactive ketones (excluding diaryl/α,β-unsaturated/α-hetero) is 2. The lowest BCUT2D eigenvalue weighted by Crippen LogP contribution is -2.79. The summed E-state index contributed by atoms with van der Waals surface area (Å²) in [6, 6.07) is 1.66. The predicted molar refractivity (Wildman–Crippen MR) is 132 cm³/mol. The van der Waals surface area contributed by atoms with Crippen molar-refractivity contribution in [2.24, 2.45) is 40.2 Å². The Morgan fingerprint density at radius 3 is 2.22 bits per heavy atom. The summed E-state index contributed by atoms with van der Waals surface area (Å²) in [6.45, 7) is 11.0. The van der Waals surface area contributed by atoms with Crippen LogP contribution >= 0.6 is 0 Å². The molecule has 2 saturated carbocycles. The van der Waals surface area contributed by atoms with Crippen LogP contribution in [-0.4, -0.2) is 55.7 Å². The second kappa shape index (κ2) is 8.00. The number of aliphatic hydroxyl groups excluding tert-OH is 2. The quantitative estimate of drug-likeness (QED) is 0.203. The Bertz CT molecular complexity index is 1160. The van der Waals surface area contributed by atoms with Gasteiger partial charge in [-0.15, -0.1) is 0 Å². The maximum atomic E-state index is 14.0. The first-order valence-corrected chi connectivity index (χ1v) is 12.6. The number of hydrogen-bond donors (Lipinski definition) is 6. The Kier molecular flexibility index (Phi) is 5.91. The average Bonchev–Trinajstić information content (AvgIpc) is 2.72. The maximum absolute atomic E-state index is 14.0. The lowest BCUT2D eigenvalue weighted by Gasteiger charge is -2.66. The Labute approximate surface area is 210 Å². The molecule has 198 valence electrons. The van der Waals surface area contributed by atoms with Crippen LogP contribution in [0.1, 0.15) is 75.4 Å². The minimum Gasteiger partial charge on any atom is -0.505 e. The summed E-state index contributed by atoms with van der Waals surface area (Å²) < 4.78 is 0. The highest BCUT2D eigenvalue weighted by Gasteiger charge is 2.75. The van der Waals surface area contributed by atoms with Gasteiger partial charge < -0.3 is 31.9 Å². The molecule has 3 aliphatic carbocycles. The van der Waals surface area contributed by atoms with Gasteiger partial charge in [0.25, 0.3) is 0 Å². The van der Waals surface area contributed by atoms with Crippen LogP contribution < -0.4 is 11.5 Å². The Morgan fingerprint density at radius 2 is 1.72 bits per heavy atom. The van der Waals surface area contributed by atoms with Gasteiger partial charge in [0.1, 0.15) is 17.8 Å². The molecule has 1 aromatic rings. The van der Waals surface area contributed by atoms with Crippen molar-refractivity contribution in [2.75, 3.05) is 5.73 Å². The topological polar surface area (TPSA) is 184 Å². The van der Waals surface area contributed by atoms with Crippen LogP contribution in [0.15, 0.2) is 6.07 Å². The summed E-state index contributed by atoms with van der Waals surface area (Å²) in [6.07, 6.45) is -2.94. The lowest BCUT2D eigenvalue weighted by molar-refractivity contribution is -0.265. The number of ketones is 2. The van der Waals surface area contributed by atoms with E-state index in [9.17, 15) is 34.8 Å². The summed E-state index contributed by atoms with van der Waals surface area (Å²) in [5.74, 6) is -7.21.